The Morgan fingerprint density at radius 3 is 2.66 bits per heavy atom. The fourth-order valence-electron chi connectivity index (χ4n) is 2.67. The average molecular weight is 389 g/mol. The van der Waals surface area contributed by atoms with Crippen molar-refractivity contribution in [3.63, 3.8) is 0 Å². The van der Waals surface area contributed by atoms with Crippen LogP contribution in [0.2, 0.25) is 0 Å². The third-order valence-electron chi connectivity index (χ3n) is 4.16. The molecule has 0 aromatic carbocycles. The number of amides is 2. The maximum atomic E-state index is 12.7. The Bertz CT molecular complexity index is 1230. The van der Waals surface area contributed by atoms with Gasteiger partial charge in [0.15, 0.2) is 5.76 Å². The van der Waals surface area contributed by atoms with Crippen LogP contribution in [0.3, 0.4) is 0 Å². The number of hydrogen-bond donors (Lipinski definition) is 2. The smallest absolute Gasteiger partial charge is 0.291 e. The number of carbonyl (C=O) groups is 2. The fraction of sp³-hybridized carbons (Fsp3) is 0.0500. The van der Waals surface area contributed by atoms with Crippen molar-refractivity contribution in [2.24, 2.45) is 0 Å². The number of aromatic nitrogens is 3. The number of fused-ring (bicyclic) bond motifs is 1. The summed E-state index contributed by atoms with van der Waals surface area (Å²) in [5.74, 6) is -0.848. The lowest BCUT2D eigenvalue weighted by Crippen LogP contribution is -2.26. The zero-order valence-corrected chi connectivity index (χ0v) is 15.0. The lowest BCUT2D eigenvalue weighted by atomic mass is 10.2. The summed E-state index contributed by atoms with van der Waals surface area (Å²) >= 11 is 0. The number of anilines is 1. The molecule has 4 rings (SSSR count). The normalized spacial score (nSPS) is 10.6. The van der Waals surface area contributed by atoms with Crippen LogP contribution in [-0.4, -0.2) is 26.2 Å². The van der Waals surface area contributed by atoms with Crippen molar-refractivity contribution in [3.05, 3.63) is 94.7 Å². The monoisotopic (exact) mass is 389 g/mol. The second kappa shape index (κ2) is 7.77. The number of hydrogen-bond acceptors (Lipinski definition) is 6. The Balaban J connectivity index is 1.57. The number of rotatable bonds is 5. The summed E-state index contributed by atoms with van der Waals surface area (Å²) < 4.78 is 6.22. The highest BCUT2D eigenvalue weighted by Crippen LogP contribution is 2.08. The fourth-order valence-corrected chi connectivity index (χ4v) is 2.67. The van der Waals surface area contributed by atoms with Gasteiger partial charge in [0.25, 0.3) is 17.4 Å². The zero-order valence-electron chi connectivity index (χ0n) is 15.0. The van der Waals surface area contributed by atoms with Gasteiger partial charge in [-0.25, -0.2) is 4.98 Å². The van der Waals surface area contributed by atoms with E-state index < -0.39 is 11.5 Å². The van der Waals surface area contributed by atoms with E-state index in [2.05, 4.69) is 20.6 Å². The minimum atomic E-state index is -0.569. The van der Waals surface area contributed by atoms with E-state index in [1.54, 1.807) is 42.7 Å². The predicted octanol–water partition coefficient (Wildman–Crippen LogP) is 1.86. The van der Waals surface area contributed by atoms with Gasteiger partial charge in [-0.2, -0.15) is 0 Å². The van der Waals surface area contributed by atoms with E-state index in [0.29, 0.717) is 12.2 Å². The largest absolute Gasteiger partial charge is 0.459 e. The van der Waals surface area contributed by atoms with Crippen LogP contribution >= 0.6 is 0 Å². The van der Waals surface area contributed by atoms with Gasteiger partial charge in [0, 0.05) is 25.1 Å². The Morgan fingerprint density at radius 2 is 1.90 bits per heavy atom. The molecular formula is C20H15N5O4. The summed E-state index contributed by atoms with van der Waals surface area (Å²) in [4.78, 5) is 45.4. The molecule has 4 aromatic rings. The number of furan rings is 1. The van der Waals surface area contributed by atoms with Gasteiger partial charge in [-0.3, -0.25) is 23.8 Å². The van der Waals surface area contributed by atoms with Crippen molar-refractivity contribution in [2.45, 2.75) is 6.54 Å². The summed E-state index contributed by atoms with van der Waals surface area (Å²) in [6.45, 7) is 0.325. The molecule has 4 aromatic heterocycles. The van der Waals surface area contributed by atoms with Crippen molar-refractivity contribution >= 4 is 23.1 Å². The SMILES string of the molecule is O=C(NCc1ccncc1)c1ccc2ncc(NC(=O)c3ccco3)c(=O)n2c1. The van der Waals surface area contributed by atoms with E-state index >= 15 is 0 Å². The summed E-state index contributed by atoms with van der Waals surface area (Å²) in [6, 6.07) is 9.77. The van der Waals surface area contributed by atoms with Gasteiger partial charge >= 0.3 is 0 Å². The maximum absolute atomic E-state index is 12.7. The molecule has 0 aliphatic heterocycles. The molecule has 2 amide bonds. The predicted molar refractivity (Wildman–Crippen MR) is 104 cm³/mol. The highest BCUT2D eigenvalue weighted by molar-refractivity contribution is 6.02. The molecule has 0 bridgehead atoms. The Hall–Kier alpha value is -4.27. The third-order valence-corrected chi connectivity index (χ3v) is 4.16. The van der Waals surface area contributed by atoms with Gasteiger partial charge in [-0.15, -0.1) is 0 Å². The summed E-state index contributed by atoms with van der Waals surface area (Å²) in [5.41, 5.74) is 0.981. The molecule has 0 spiro atoms. The van der Waals surface area contributed by atoms with E-state index in [9.17, 15) is 14.4 Å². The molecule has 9 heteroatoms. The highest BCUT2D eigenvalue weighted by atomic mass is 16.3. The highest BCUT2D eigenvalue weighted by Gasteiger charge is 2.14. The first-order chi connectivity index (χ1) is 14.1. The van der Waals surface area contributed by atoms with Crippen LogP contribution in [0.15, 0.2) is 76.7 Å². The van der Waals surface area contributed by atoms with Crippen LogP contribution in [0.5, 0.6) is 0 Å². The van der Waals surface area contributed by atoms with Gasteiger partial charge in [-0.1, -0.05) is 0 Å². The van der Waals surface area contributed by atoms with Crippen molar-refractivity contribution in [1.29, 1.82) is 0 Å². The first-order valence-corrected chi connectivity index (χ1v) is 8.65. The molecule has 0 saturated carbocycles. The van der Waals surface area contributed by atoms with Crippen LogP contribution in [0, 0.1) is 0 Å². The van der Waals surface area contributed by atoms with E-state index in [0.717, 1.165) is 5.56 Å². The topological polar surface area (TPSA) is 119 Å². The number of nitrogens with one attached hydrogen (secondary N) is 2. The van der Waals surface area contributed by atoms with Gasteiger partial charge in [0.05, 0.1) is 18.0 Å². The van der Waals surface area contributed by atoms with Crippen molar-refractivity contribution in [1.82, 2.24) is 19.7 Å². The van der Waals surface area contributed by atoms with Crippen LogP contribution in [0.1, 0.15) is 26.5 Å². The minimum Gasteiger partial charge on any atom is -0.459 e. The minimum absolute atomic E-state index is 0.0294. The molecule has 0 fully saturated rings. The molecule has 4 heterocycles. The first kappa shape index (κ1) is 18.1. The maximum Gasteiger partial charge on any atom is 0.291 e. The molecule has 9 nitrogen and oxygen atoms in total. The van der Waals surface area contributed by atoms with Crippen LogP contribution in [-0.2, 0) is 6.54 Å². The molecule has 0 radical (unpaired) electrons. The standard InChI is InChI=1S/C20H15N5O4/c26-18(23-10-13-5-7-21-8-6-13)14-3-4-17-22-11-15(20(28)25(17)12-14)24-19(27)16-2-1-9-29-16/h1-9,11-12H,10H2,(H,23,26)(H,24,27). The molecule has 0 unspecified atom stereocenters. The number of pyridine rings is 2. The van der Waals surface area contributed by atoms with Crippen LogP contribution < -0.4 is 16.2 Å². The molecule has 0 aliphatic carbocycles. The zero-order chi connectivity index (χ0) is 20.2. The summed E-state index contributed by atoms with van der Waals surface area (Å²) in [6.07, 6.45) is 7.29. The number of nitrogens with zero attached hydrogens (tertiary/aromatic N) is 3. The lowest BCUT2D eigenvalue weighted by molar-refractivity contribution is 0.0949. The van der Waals surface area contributed by atoms with Gasteiger partial charge in [0.2, 0.25) is 0 Å². The lowest BCUT2D eigenvalue weighted by Gasteiger charge is -2.08. The summed E-state index contributed by atoms with van der Waals surface area (Å²) in [5, 5.41) is 5.25. The molecule has 29 heavy (non-hydrogen) atoms. The Kier molecular flexibility index (Phi) is 4.85. The number of carbonyl (C=O) groups excluding carboxylic acids is 2. The second-order valence-corrected chi connectivity index (χ2v) is 6.09. The van der Waals surface area contributed by atoms with Crippen LogP contribution in [0.4, 0.5) is 5.69 Å². The summed E-state index contributed by atoms with van der Waals surface area (Å²) in [7, 11) is 0. The molecule has 0 atom stereocenters. The van der Waals surface area contributed by atoms with E-state index in [4.69, 9.17) is 4.42 Å². The quantitative estimate of drug-likeness (QED) is 0.538. The Morgan fingerprint density at radius 1 is 1.07 bits per heavy atom. The third kappa shape index (κ3) is 3.88. The molecule has 2 N–H and O–H groups in total. The molecule has 0 saturated heterocycles. The van der Waals surface area contributed by atoms with Crippen LogP contribution in [0.25, 0.3) is 5.65 Å². The molecule has 0 aliphatic rings. The molecule has 144 valence electrons. The molecular weight excluding hydrogens is 374 g/mol. The van der Waals surface area contributed by atoms with Crippen molar-refractivity contribution < 1.29 is 14.0 Å². The van der Waals surface area contributed by atoms with Gasteiger partial charge < -0.3 is 15.1 Å². The van der Waals surface area contributed by atoms with Gasteiger partial charge in [-0.05, 0) is 42.0 Å². The first-order valence-electron chi connectivity index (χ1n) is 8.65. The van der Waals surface area contributed by atoms with E-state index in [1.165, 1.54) is 29.1 Å². The second-order valence-electron chi connectivity index (χ2n) is 6.09. The van der Waals surface area contributed by atoms with Gasteiger partial charge in [0.1, 0.15) is 11.3 Å². The van der Waals surface area contributed by atoms with E-state index in [1.807, 2.05) is 0 Å². The van der Waals surface area contributed by atoms with Crippen molar-refractivity contribution in [2.75, 3.05) is 5.32 Å². The average Bonchev–Trinajstić information content (AvgIpc) is 3.30. The van der Waals surface area contributed by atoms with Crippen molar-refractivity contribution in [3.8, 4) is 0 Å². The van der Waals surface area contributed by atoms with E-state index in [-0.39, 0.29) is 22.9 Å². The Labute approximate surface area is 164 Å².